The number of para-hydroxylation sites is 1. The predicted molar refractivity (Wildman–Crippen MR) is 86.9 cm³/mol. The number of carboxylic acids is 2. The van der Waals surface area contributed by atoms with E-state index in [2.05, 4.69) is 5.10 Å². The molecule has 2 N–H and O–H groups in total. The summed E-state index contributed by atoms with van der Waals surface area (Å²) in [5.74, 6) is -2.79. The fourth-order valence-electron chi connectivity index (χ4n) is 2.45. The molecular weight excluding hydrogens is 314 g/mol. The zero-order chi connectivity index (χ0) is 17.9. The highest BCUT2D eigenvalue weighted by atomic mass is 16.4. The van der Waals surface area contributed by atoms with Crippen LogP contribution < -0.4 is 5.01 Å². The molecule has 1 aromatic rings. The molecule has 1 heterocycles. The van der Waals surface area contributed by atoms with Crippen LogP contribution in [0.1, 0.15) is 20.3 Å². The zero-order valence-corrected chi connectivity index (χ0v) is 13.4. The first-order valence-corrected chi connectivity index (χ1v) is 7.48. The summed E-state index contributed by atoms with van der Waals surface area (Å²) in [6.07, 6.45) is -0.0775. The van der Waals surface area contributed by atoms with Crippen LogP contribution >= 0.6 is 0 Å². The van der Waals surface area contributed by atoms with Crippen LogP contribution in [0.4, 0.5) is 5.69 Å². The van der Waals surface area contributed by atoms with Gasteiger partial charge in [0.2, 0.25) is 0 Å². The van der Waals surface area contributed by atoms with Crippen molar-refractivity contribution in [3.05, 3.63) is 30.3 Å². The van der Waals surface area contributed by atoms with Crippen LogP contribution in [0.15, 0.2) is 35.4 Å². The van der Waals surface area contributed by atoms with Crippen LogP contribution in [0, 0.1) is 0 Å². The normalized spacial score (nSPS) is 16.9. The Hall–Kier alpha value is -2.90. The van der Waals surface area contributed by atoms with Gasteiger partial charge in [-0.1, -0.05) is 18.2 Å². The van der Waals surface area contributed by atoms with Gasteiger partial charge in [0.1, 0.15) is 12.3 Å². The third-order valence-electron chi connectivity index (χ3n) is 3.65. The lowest BCUT2D eigenvalue weighted by atomic mass is 10.1. The molecule has 0 aromatic heterocycles. The summed E-state index contributed by atoms with van der Waals surface area (Å²) < 4.78 is 0. The second kappa shape index (κ2) is 7.12. The van der Waals surface area contributed by atoms with Crippen molar-refractivity contribution < 1.29 is 24.6 Å². The van der Waals surface area contributed by atoms with Crippen molar-refractivity contribution in [2.24, 2.45) is 5.10 Å². The van der Waals surface area contributed by atoms with Crippen LogP contribution in [-0.4, -0.2) is 57.3 Å². The first-order valence-electron chi connectivity index (χ1n) is 7.48. The lowest BCUT2D eigenvalue weighted by Gasteiger charge is -2.24. The largest absolute Gasteiger partial charge is 0.480 e. The van der Waals surface area contributed by atoms with Crippen molar-refractivity contribution in [1.82, 2.24) is 4.90 Å². The van der Waals surface area contributed by atoms with E-state index >= 15 is 0 Å². The van der Waals surface area contributed by atoms with Crippen molar-refractivity contribution in [3.63, 3.8) is 0 Å². The van der Waals surface area contributed by atoms with Gasteiger partial charge in [-0.2, -0.15) is 5.10 Å². The smallest absolute Gasteiger partial charge is 0.328 e. The number of hydrogen-bond acceptors (Lipinski definition) is 5. The highest BCUT2D eigenvalue weighted by molar-refractivity contribution is 6.40. The molecule has 1 aliphatic rings. The van der Waals surface area contributed by atoms with Crippen LogP contribution in [0.3, 0.4) is 0 Å². The summed E-state index contributed by atoms with van der Waals surface area (Å²) in [6, 6.07) is 7.34. The summed E-state index contributed by atoms with van der Waals surface area (Å²) in [7, 11) is 0. The Morgan fingerprint density at radius 3 is 2.38 bits per heavy atom. The Bertz CT molecular complexity index is 672. The lowest BCUT2D eigenvalue weighted by molar-refractivity contribution is -0.143. The van der Waals surface area contributed by atoms with E-state index in [-0.39, 0.29) is 18.2 Å². The van der Waals surface area contributed by atoms with Crippen molar-refractivity contribution >= 4 is 29.2 Å². The number of benzene rings is 1. The molecule has 0 aliphatic carbocycles. The lowest BCUT2D eigenvalue weighted by Crippen LogP contribution is -2.44. The molecule has 0 spiro atoms. The number of carbonyl (C=O) groups is 3. The Labute approximate surface area is 139 Å². The number of nitrogens with zero attached hydrogens (tertiary/aromatic N) is 3. The number of carbonyl (C=O) groups excluding carboxylic acids is 1. The average Bonchev–Trinajstić information content (AvgIpc) is 2.98. The Morgan fingerprint density at radius 1 is 1.25 bits per heavy atom. The molecular formula is C16H19N3O5. The minimum absolute atomic E-state index is 0.0428. The van der Waals surface area contributed by atoms with Crippen LogP contribution in [0.25, 0.3) is 0 Å². The van der Waals surface area contributed by atoms with Crippen molar-refractivity contribution in [2.75, 3.05) is 11.6 Å². The first kappa shape index (κ1) is 17.5. The van der Waals surface area contributed by atoms with Crippen molar-refractivity contribution in [1.29, 1.82) is 0 Å². The maximum Gasteiger partial charge on any atom is 0.328 e. The second-order valence-corrected chi connectivity index (χ2v) is 5.71. The van der Waals surface area contributed by atoms with E-state index in [0.29, 0.717) is 5.69 Å². The highest BCUT2D eigenvalue weighted by Gasteiger charge is 2.38. The fourth-order valence-corrected chi connectivity index (χ4v) is 2.45. The van der Waals surface area contributed by atoms with Gasteiger partial charge in [-0.05, 0) is 26.0 Å². The van der Waals surface area contributed by atoms with E-state index < -0.39 is 30.4 Å². The summed E-state index contributed by atoms with van der Waals surface area (Å²) >= 11 is 0. The molecule has 0 bridgehead atoms. The molecule has 1 atom stereocenters. The third-order valence-corrected chi connectivity index (χ3v) is 3.65. The van der Waals surface area contributed by atoms with Gasteiger partial charge in [-0.25, -0.2) is 4.79 Å². The minimum Gasteiger partial charge on any atom is -0.480 e. The quantitative estimate of drug-likeness (QED) is 0.804. The SMILES string of the molecule is CC(C)N(CC(=O)O)C(=O)C1=NN(c2ccccc2)C(C(=O)O)C1. The molecule has 2 rings (SSSR count). The number of hydrogen-bond donors (Lipinski definition) is 2. The zero-order valence-electron chi connectivity index (χ0n) is 13.4. The molecule has 128 valence electrons. The van der Waals surface area contributed by atoms with E-state index in [0.717, 1.165) is 4.90 Å². The van der Waals surface area contributed by atoms with Gasteiger partial charge in [0.25, 0.3) is 5.91 Å². The molecule has 24 heavy (non-hydrogen) atoms. The summed E-state index contributed by atoms with van der Waals surface area (Å²) in [5, 5.41) is 23.8. The standard InChI is InChI=1S/C16H19N3O5/c1-10(2)18(9-14(20)21)15(22)12-8-13(16(23)24)19(17-12)11-6-4-3-5-7-11/h3-7,10,13H,8-9H2,1-2H3,(H,20,21)(H,23,24). The van der Waals surface area contributed by atoms with E-state index in [9.17, 15) is 19.5 Å². The van der Waals surface area contributed by atoms with Crippen LogP contribution in [-0.2, 0) is 14.4 Å². The molecule has 0 fully saturated rings. The van der Waals surface area contributed by atoms with Crippen LogP contribution in [0.5, 0.6) is 0 Å². The average molecular weight is 333 g/mol. The van der Waals surface area contributed by atoms with Gasteiger partial charge < -0.3 is 15.1 Å². The van der Waals surface area contributed by atoms with Gasteiger partial charge in [0, 0.05) is 12.5 Å². The van der Waals surface area contributed by atoms with Crippen LogP contribution in [0.2, 0.25) is 0 Å². The topological polar surface area (TPSA) is 111 Å². The number of carboxylic acid groups (broad SMARTS) is 2. The molecule has 0 saturated carbocycles. The monoisotopic (exact) mass is 333 g/mol. The molecule has 1 aliphatic heterocycles. The molecule has 8 nitrogen and oxygen atoms in total. The number of aliphatic carboxylic acids is 2. The Balaban J connectivity index is 2.31. The molecule has 0 radical (unpaired) electrons. The minimum atomic E-state index is -1.13. The highest BCUT2D eigenvalue weighted by Crippen LogP contribution is 2.25. The Morgan fingerprint density at radius 2 is 1.88 bits per heavy atom. The molecule has 1 aromatic carbocycles. The maximum atomic E-state index is 12.6. The van der Waals surface area contributed by atoms with E-state index in [1.54, 1.807) is 44.2 Å². The first-order chi connectivity index (χ1) is 11.3. The number of anilines is 1. The van der Waals surface area contributed by atoms with Gasteiger partial charge in [0.15, 0.2) is 6.04 Å². The second-order valence-electron chi connectivity index (χ2n) is 5.71. The number of hydrazone groups is 1. The van der Waals surface area contributed by atoms with Gasteiger partial charge >= 0.3 is 11.9 Å². The molecule has 1 amide bonds. The fraction of sp³-hybridized carbons (Fsp3) is 0.375. The van der Waals surface area contributed by atoms with E-state index in [1.807, 2.05) is 0 Å². The summed E-state index contributed by atoms with van der Waals surface area (Å²) in [5.41, 5.74) is 0.600. The Kier molecular flexibility index (Phi) is 5.18. The summed E-state index contributed by atoms with van der Waals surface area (Å²) in [4.78, 5) is 36.2. The predicted octanol–water partition coefficient (Wildman–Crippen LogP) is 1.03. The maximum absolute atomic E-state index is 12.6. The number of amides is 1. The molecule has 8 heteroatoms. The van der Waals surface area contributed by atoms with Crippen molar-refractivity contribution in [2.45, 2.75) is 32.4 Å². The number of rotatable bonds is 6. The van der Waals surface area contributed by atoms with Gasteiger partial charge in [0.05, 0.1) is 5.69 Å². The third kappa shape index (κ3) is 3.70. The van der Waals surface area contributed by atoms with E-state index in [4.69, 9.17) is 5.11 Å². The molecule has 0 saturated heterocycles. The van der Waals surface area contributed by atoms with E-state index in [1.165, 1.54) is 5.01 Å². The van der Waals surface area contributed by atoms with Gasteiger partial charge in [-0.15, -0.1) is 0 Å². The molecule has 1 unspecified atom stereocenters. The van der Waals surface area contributed by atoms with Gasteiger partial charge in [-0.3, -0.25) is 14.6 Å². The summed E-state index contributed by atoms with van der Waals surface area (Å²) in [6.45, 7) is 2.93. The van der Waals surface area contributed by atoms with Crippen molar-refractivity contribution in [3.8, 4) is 0 Å².